The Morgan fingerprint density at radius 2 is 1.56 bits per heavy atom. The van der Waals surface area contributed by atoms with Crippen molar-refractivity contribution in [1.82, 2.24) is 5.32 Å². The zero-order chi connectivity index (χ0) is 14.5. The van der Waals surface area contributed by atoms with Crippen molar-refractivity contribution in [2.24, 2.45) is 17.2 Å². The molecule has 0 radical (unpaired) electrons. The monoisotopic (exact) mass is 262 g/mol. The van der Waals surface area contributed by atoms with Gasteiger partial charge in [0.1, 0.15) is 18.1 Å². The fourth-order valence-electron chi connectivity index (χ4n) is 1.14. The van der Waals surface area contributed by atoms with Gasteiger partial charge in [-0.3, -0.25) is 24.5 Å². The fraction of sp³-hybridized carbons (Fsp3) is 0.500. The van der Waals surface area contributed by atoms with Gasteiger partial charge in [0.05, 0.1) is 6.42 Å². The molecule has 0 aliphatic rings. The summed E-state index contributed by atoms with van der Waals surface area (Å²) in [7, 11) is 0. The van der Waals surface area contributed by atoms with Crippen LogP contribution in [-0.4, -0.2) is 52.1 Å². The second-order valence-electron chi connectivity index (χ2n) is 3.47. The van der Waals surface area contributed by atoms with E-state index in [0.29, 0.717) is 0 Å². The summed E-state index contributed by atoms with van der Waals surface area (Å²) in [6.07, 6.45) is -0.633. The zero-order valence-corrected chi connectivity index (χ0v) is 9.20. The lowest BCUT2D eigenvalue weighted by Gasteiger charge is -2.22. The first kappa shape index (κ1) is 15.8. The number of carboxylic acid groups (broad SMARTS) is 2. The van der Waals surface area contributed by atoms with Gasteiger partial charge < -0.3 is 27.4 Å². The first-order valence-corrected chi connectivity index (χ1v) is 4.71. The van der Waals surface area contributed by atoms with E-state index in [1.54, 1.807) is 0 Å². The van der Waals surface area contributed by atoms with Crippen LogP contribution in [0.2, 0.25) is 0 Å². The number of rotatable bonds is 8. The van der Waals surface area contributed by atoms with Crippen molar-refractivity contribution in [2.45, 2.75) is 24.5 Å². The van der Waals surface area contributed by atoms with Crippen molar-refractivity contribution in [3.8, 4) is 0 Å². The molecule has 1 unspecified atom stereocenters. The van der Waals surface area contributed by atoms with E-state index < -0.39 is 48.3 Å². The van der Waals surface area contributed by atoms with Crippen LogP contribution in [0.15, 0.2) is 0 Å². The molecule has 3 atom stereocenters. The largest absolute Gasteiger partial charge is 0.480 e. The smallest absolute Gasteiger partial charge is 0.322 e. The Balaban J connectivity index is 4.93. The van der Waals surface area contributed by atoms with Crippen LogP contribution in [0.3, 0.4) is 0 Å². The Bertz CT molecular complexity index is 371. The summed E-state index contributed by atoms with van der Waals surface area (Å²) in [5, 5.41) is 19.5. The maximum Gasteiger partial charge on any atom is 0.322 e. The van der Waals surface area contributed by atoms with E-state index in [0.717, 1.165) is 0 Å². The normalized spacial score (nSPS) is 15.4. The van der Waals surface area contributed by atoms with Crippen LogP contribution in [0.25, 0.3) is 0 Å². The highest BCUT2D eigenvalue weighted by Gasteiger charge is 2.33. The number of aliphatic carboxylic acids is 2. The number of hydrogen-bond donors (Lipinski definition) is 6. The maximum atomic E-state index is 11.0. The standard InChI is InChI=1S/C8H14N4O6/c9-3(13)1-2(7(15)16)12-5(6(11)14)4(10)8(17)18/h2,4-5,12H,1,10H2,(H2,9,13)(H2,11,14)(H,15,16)(H,17,18)/t2-,4-,5?/m0/s1. The number of carbonyl (C=O) groups excluding carboxylic acids is 2. The van der Waals surface area contributed by atoms with E-state index in [2.05, 4.69) is 5.32 Å². The highest BCUT2D eigenvalue weighted by Crippen LogP contribution is 1.98. The maximum absolute atomic E-state index is 11.0. The van der Waals surface area contributed by atoms with Crippen molar-refractivity contribution < 1.29 is 29.4 Å². The Hall–Kier alpha value is -2.20. The molecule has 0 spiro atoms. The number of hydrogen-bond acceptors (Lipinski definition) is 6. The molecule has 2 amide bonds. The number of carboxylic acids is 2. The lowest BCUT2D eigenvalue weighted by Crippen LogP contribution is -2.60. The first-order chi connectivity index (χ1) is 8.16. The van der Waals surface area contributed by atoms with Crippen molar-refractivity contribution >= 4 is 23.8 Å². The molecule has 0 aromatic rings. The Labute approximate surface area is 101 Å². The minimum absolute atomic E-state index is 0.633. The van der Waals surface area contributed by atoms with Crippen LogP contribution in [0, 0.1) is 0 Å². The van der Waals surface area contributed by atoms with Gasteiger partial charge in [0, 0.05) is 0 Å². The lowest BCUT2D eigenvalue weighted by atomic mass is 10.1. The van der Waals surface area contributed by atoms with Crippen LogP contribution >= 0.6 is 0 Å². The molecular formula is C8H14N4O6. The molecule has 102 valence electrons. The summed E-state index contributed by atoms with van der Waals surface area (Å²) in [5.41, 5.74) is 14.9. The van der Waals surface area contributed by atoms with Gasteiger partial charge in [0.25, 0.3) is 0 Å². The topological polar surface area (TPSA) is 199 Å². The van der Waals surface area contributed by atoms with Gasteiger partial charge in [-0.25, -0.2) is 0 Å². The minimum atomic E-state index is -1.74. The highest BCUT2D eigenvalue weighted by atomic mass is 16.4. The second-order valence-corrected chi connectivity index (χ2v) is 3.47. The SMILES string of the molecule is NC(=O)C[C@H](NC(C(N)=O)[C@H](N)C(=O)O)C(=O)O. The molecule has 0 fully saturated rings. The average molecular weight is 262 g/mol. The quantitative estimate of drug-likeness (QED) is 0.255. The third-order valence-electron chi connectivity index (χ3n) is 2.03. The molecule has 0 aliphatic heterocycles. The fourth-order valence-corrected chi connectivity index (χ4v) is 1.14. The van der Waals surface area contributed by atoms with E-state index in [9.17, 15) is 19.2 Å². The molecular weight excluding hydrogens is 248 g/mol. The number of nitrogens with two attached hydrogens (primary N) is 3. The van der Waals surface area contributed by atoms with Crippen LogP contribution in [0.5, 0.6) is 0 Å². The molecule has 0 saturated heterocycles. The Kier molecular flexibility index (Phi) is 5.72. The van der Waals surface area contributed by atoms with Gasteiger partial charge in [0.2, 0.25) is 11.8 Å². The van der Waals surface area contributed by atoms with Crippen LogP contribution in [0.4, 0.5) is 0 Å². The summed E-state index contributed by atoms with van der Waals surface area (Å²) in [6, 6.07) is -4.93. The van der Waals surface area contributed by atoms with E-state index >= 15 is 0 Å². The molecule has 0 bridgehead atoms. The van der Waals surface area contributed by atoms with Crippen molar-refractivity contribution in [3.63, 3.8) is 0 Å². The molecule has 0 aromatic heterocycles. The third kappa shape index (κ3) is 4.76. The van der Waals surface area contributed by atoms with Gasteiger partial charge in [-0.1, -0.05) is 0 Å². The number of amides is 2. The highest BCUT2D eigenvalue weighted by molar-refractivity contribution is 5.90. The molecule has 0 aromatic carbocycles. The van der Waals surface area contributed by atoms with Crippen molar-refractivity contribution in [2.75, 3.05) is 0 Å². The summed E-state index contributed by atoms with van der Waals surface area (Å²) in [4.78, 5) is 43.0. The first-order valence-electron chi connectivity index (χ1n) is 4.71. The molecule has 0 saturated carbocycles. The average Bonchev–Trinajstić information content (AvgIpc) is 2.21. The molecule has 10 heteroatoms. The summed E-state index contributed by atoms with van der Waals surface area (Å²) < 4.78 is 0. The number of carbonyl (C=O) groups is 4. The van der Waals surface area contributed by atoms with Crippen LogP contribution < -0.4 is 22.5 Å². The van der Waals surface area contributed by atoms with Gasteiger partial charge in [-0.15, -0.1) is 0 Å². The van der Waals surface area contributed by atoms with E-state index in [1.807, 2.05) is 0 Å². The zero-order valence-electron chi connectivity index (χ0n) is 9.20. The molecule has 0 rings (SSSR count). The van der Waals surface area contributed by atoms with Crippen molar-refractivity contribution in [1.29, 1.82) is 0 Å². The summed E-state index contributed by atoms with van der Waals surface area (Å²) in [6.45, 7) is 0. The second kappa shape index (κ2) is 6.51. The molecule has 0 aliphatic carbocycles. The Morgan fingerprint density at radius 3 is 1.83 bits per heavy atom. The molecule has 10 nitrogen and oxygen atoms in total. The number of primary amides is 2. The Morgan fingerprint density at radius 1 is 1.06 bits per heavy atom. The molecule has 18 heavy (non-hydrogen) atoms. The van der Waals surface area contributed by atoms with Gasteiger partial charge in [-0.2, -0.15) is 0 Å². The van der Waals surface area contributed by atoms with E-state index in [-0.39, 0.29) is 0 Å². The van der Waals surface area contributed by atoms with E-state index in [1.165, 1.54) is 0 Å². The predicted octanol–water partition coefficient (Wildman–Crippen LogP) is -3.83. The van der Waals surface area contributed by atoms with E-state index in [4.69, 9.17) is 27.4 Å². The molecule has 9 N–H and O–H groups in total. The summed E-state index contributed by atoms with van der Waals surface area (Å²) in [5.74, 6) is -5.13. The minimum Gasteiger partial charge on any atom is -0.480 e. The lowest BCUT2D eigenvalue weighted by molar-refractivity contribution is -0.144. The van der Waals surface area contributed by atoms with Gasteiger partial charge >= 0.3 is 11.9 Å². The third-order valence-corrected chi connectivity index (χ3v) is 2.03. The van der Waals surface area contributed by atoms with Crippen LogP contribution in [0.1, 0.15) is 6.42 Å². The van der Waals surface area contributed by atoms with Gasteiger partial charge in [-0.05, 0) is 0 Å². The molecule has 0 heterocycles. The van der Waals surface area contributed by atoms with Gasteiger partial charge in [0.15, 0.2) is 0 Å². The predicted molar refractivity (Wildman–Crippen MR) is 57.0 cm³/mol. The van der Waals surface area contributed by atoms with Crippen LogP contribution in [-0.2, 0) is 19.2 Å². The summed E-state index contributed by atoms with van der Waals surface area (Å²) >= 11 is 0. The van der Waals surface area contributed by atoms with Crippen molar-refractivity contribution in [3.05, 3.63) is 0 Å². The number of nitrogens with one attached hydrogen (secondary N) is 1.